The second-order valence-electron chi connectivity index (χ2n) is 12.8. The highest BCUT2D eigenvalue weighted by atomic mass is 28.4. The molecule has 2 unspecified atom stereocenters. The molecule has 35 heavy (non-hydrogen) atoms. The molecule has 0 amide bonds. The number of fused-ring (bicyclic) bond motifs is 1. The second kappa shape index (κ2) is 9.45. The Balaban J connectivity index is 1.85. The summed E-state index contributed by atoms with van der Waals surface area (Å²) in [6.45, 7) is 21.1. The molecule has 0 aromatic heterocycles. The Morgan fingerprint density at radius 1 is 1.11 bits per heavy atom. The molecule has 2 heterocycles. The Kier molecular flexibility index (Phi) is 7.59. The number of rotatable bonds is 11. The Morgan fingerprint density at radius 2 is 1.80 bits per heavy atom. The van der Waals surface area contributed by atoms with Crippen molar-refractivity contribution in [3.05, 3.63) is 29.8 Å². The van der Waals surface area contributed by atoms with Gasteiger partial charge in [-0.05, 0) is 43.1 Å². The number of carbonyl (C=O) groups is 1. The van der Waals surface area contributed by atoms with E-state index in [9.17, 15) is 4.79 Å². The van der Waals surface area contributed by atoms with Gasteiger partial charge in [-0.1, -0.05) is 60.6 Å². The highest BCUT2D eigenvalue weighted by Gasteiger charge is 2.82. The van der Waals surface area contributed by atoms with E-state index < -0.39 is 31.1 Å². The molecule has 0 spiro atoms. The van der Waals surface area contributed by atoms with Crippen molar-refractivity contribution < 1.29 is 33.6 Å². The SMILES string of the molecule is CC(C)(COCCCCC(=O)O)C12OOC1(c1cccc(O[Si](C)(C)C(C)(C)C)c1)OCC2(C)C. The van der Waals surface area contributed by atoms with Crippen LogP contribution in [0.3, 0.4) is 0 Å². The molecule has 1 N–H and O–H groups in total. The van der Waals surface area contributed by atoms with E-state index in [0.717, 1.165) is 11.3 Å². The molecule has 0 bridgehead atoms. The second-order valence-corrected chi connectivity index (χ2v) is 17.5. The molecule has 2 fully saturated rings. The molecular formula is C27H44O7Si. The van der Waals surface area contributed by atoms with Crippen LogP contribution in [0.5, 0.6) is 5.75 Å². The van der Waals surface area contributed by atoms with Crippen LogP contribution >= 0.6 is 0 Å². The van der Waals surface area contributed by atoms with E-state index >= 15 is 0 Å². The van der Waals surface area contributed by atoms with Crippen molar-refractivity contribution in [2.45, 2.75) is 97.2 Å². The van der Waals surface area contributed by atoms with E-state index in [-0.39, 0.29) is 16.9 Å². The lowest BCUT2D eigenvalue weighted by Crippen LogP contribution is -2.74. The van der Waals surface area contributed by atoms with Crippen LogP contribution in [-0.2, 0) is 29.8 Å². The summed E-state index contributed by atoms with van der Waals surface area (Å²) in [7, 11) is -2.02. The molecule has 0 saturated carbocycles. The summed E-state index contributed by atoms with van der Waals surface area (Å²) in [4.78, 5) is 22.7. The van der Waals surface area contributed by atoms with Gasteiger partial charge in [0.15, 0.2) is 5.60 Å². The first-order valence-electron chi connectivity index (χ1n) is 12.6. The molecule has 198 valence electrons. The number of benzene rings is 1. The number of aliphatic carboxylic acids is 1. The number of hydrogen-bond donors (Lipinski definition) is 1. The van der Waals surface area contributed by atoms with Crippen LogP contribution in [0.15, 0.2) is 24.3 Å². The normalized spacial score (nSPS) is 26.2. The lowest BCUT2D eigenvalue weighted by atomic mass is 9.57. The zero-order chi connectivity index (χ0) is 26.3. The smallest absolute Gasteiger partial charge is 0.303 e. The average Bonchev–Trinajstić information content (AvgIpc) is 2.85. The highest BCUT2D eigenvalue weighted by molar-refractivity contribution is 6.74. The van der Waals surface area contributed by atoms with E-state index in [1.54, 1.807) is 0 Å². The molecule has 1 aromatic carbocycles. The van der Waals surface area contributed by atoms with Crippen molar-refractivity contribution in [2.24, 2.45) is 10.8 Å². The van der Waals surface area contributed by atoms with E-state index in [0.29, 0.717) is 32.7 Å². The maximum absolute atomic E-state index is 10.8. The van der Waals surface area contributed by atoms with Crippen LogP contribution in [0.4, 0.5) is 0 Å². The lowest BCUT2D eigenvalue weighted by Gasteiger charge is -2.61. The lowest BCUT2D eigenvalue weighted by molar-refractivity contribution is -0.628. The predicted octanol–water partition coefficient (Wildman–Crippen LogP) is 6.28. The van der Waals surface area contributed by atoms with E-state index in [2.05, 4.69) is 61.6 Å². The number of ether oxygens (including phenoxy) is 2. The van der Waals surface area contributed by atoms with Gasteiger partial charge in [0.25, 0.3) is 5.79 Å². The Morgan fingerprint density at radius 3 is 2.37 bits per heavy atom. The van der Waals surface area contributed by atoms with Gasteiger partial charge in [0.2, 0.25) is 8.32 Å². The maximum atomic E-state index is 10.8. The molecule has 2 atom stereocenters. The summed E-state index contributed by atoms with van der Waals surface area (Å²) >= 11 is 0. The zero-order valence-corrected chi connectivity index (χ0v) is 23.9. The standard InChI is InChI=1S/C27H44O7Si/c1-23(2,3)35(8,9)32-21-14-12-13-20(17-21)26-27(34-33-26,25(6,7)19-31-26)24(4,5)18-30-16-11-10-15-22(28)29/h12-14,17H,10-11,15-16,18-19H2,1-9H3,(H,28,29). The van der Waals surface area contributed by atoms with E-state index in [1.807, 2.05) is 24.3 Å². The summed E-state index contributed by atoms with van der Waals surface area (Å²) in [6, 6.07) is 8.02. The summed E-state index contributed by atoms with van der Waals surface area (Å²) in [5, 5.41) is 8.92. The van der Waals surface area contributed by atoms with Crippen LogP contribution in [0.2, 0.25) is 18.1 Å². The fraction of sp³-hybridized carbons (Fsp3) is 0.741. The van der Waals surface area contributed by atoms with Gasteiger partial charge >= 0.3 is 5.97 Å². The fourth-order valence-corrected chi connectivity index (χ4v) is 6.22. The summed E-state index contributed by atoms with van der Waals surface area (Å²) in [6.07, 6.45) is 1.45. The third-order valence-electron chi connectivity index (χ3n) is 8.08. The van der Waals surface area contributed by atoms with Gasteiger partial charge in [-0.3, -0.25) is 4.79 Å². The minimum absolute atomic E-state index is 0.0801. The maximum Gasteiger partial charge on any atom is 0.303 e. The van der Waals surface area contributed by atoms with Gasteiger partial charge in [0.1, 0.15) is 5.75 Å². The van der Waals surface area contributed by atoms with Crippen molar-refractivity contribution >= 4 is 14.3 Å². The number of carboxylic acid groups (broad SMARTS) is 1. The molecule has 8 heteroatoms. The molecule has 0 aliphatic carbocycles. The van der Waals surface area contributed by atoms with E-state index in [1.165, 1.54) is 0 Å². The summed E-state index contributed by atoms with van der Waals surface area (Å²) < 4.78 is 19.1. The third kappa shape index (κ3) is 4.80. The van der Waals surface area contributed by atoms with Crippen LogP contribution in [-0.4, -0.2) is 44.8 Å². The molecule has 2 saturated heterocycles. The Bertz CT molecular complexity index is 920. The number of carboxylic acids is 1. The molecule has 7 nitrogen and oxygen atoms in total. The van der Waals surface area contributed by atoms with Crippen LogP contribution in [0.25, 0.3) is 0 Å². The first-order valence-corrected chi connectivity index (χ1v) is 15.5. The molecular weight excluding hydrogens is 464 g/mol. The first-order chi connectivity index (χ1) is 16.0. The van der Waals surface area contributed by atoms with Gasteiger partial charge < -0.3 is 19.0 Å². The Labute approximate surface area is 211 Å². The first kappa shape index (κ1) is 28.1. The van der Waals surface area contributed by atoms with Gasteiger partial charge in [0, 0.05) is 29.4 Å². The van der Waals surface area contributed by atoms with Crippen molar-refractivity contribution in [1.82, 2.24) is 0 Å². The van der Waals surface area contributed by atoms with Crippen LogP contribution in [0.1, 0.15) is 73.3 Å². The molecule has 0 radical (unpaired) electrons. The van der Waals surface area contributed by atoms with E-state index in [4.69, 9.17) is 28.8 Å². The quantitative estimate of drug-likeness (QED) is 0.214. The van der Waals surface area contributed by atoms with Crippen molar-refractivity contribution in [1.29, 1.82) is 0 Å². The summed E-state index contributed by atoms with van der Waals surface area (Å²) in [5.41, 5.74) is -0.726. The van der Waals surface area contributed by atoms with Gasteiger partial charge in [-0.25, -0.2) is 4.89 Å². The van der Waals surface area contributed by atoms with Gasteiger partial charge in [-0.2, -0.15) is 4.89 Å². The summed E-state index contributed by atoms with van der Waals surface area (Å²) in [5.74, 6) is -1.04. The predicted molar refractivity (Wildman–Crippen MR) is 137 cm³/mol. The number of hydrogen-bond acceptors (Lipinski definition) is 6. The van der Waals surface area contributed by atoms with Crippen molar-refractivity contribution in [3.8, 4) is 5.75 Å². The van der Waals surface area contributed by atoms with Crippen LogP contribution < -0.4 is 4.43 Å². The average molecular weight is 509 g/mol. The van der Waals surface area contributed by atoms with Crippen molar-refractivity contribution in [3.63, 3.8) is 0 Å². The monoisotopic (exact) mass is 508 g/mol. The van der Waals surface area contributed by atoms with Gasteiger partial charge in [0.05, 0.1) is 13.2 Å². The number of unbranched alkanes of at least 4 members (excludes halogenated alkanes) is 1. The molecule has 3 rings (SSSR count). The van der Waals surface area contributed by atoms with Gasteiger partial charge in [-0.15, -0.1) is 0 Å². The largest absolute Gasteiger partial charge is 0.543 e. The fourth-order valence-electron chi connectivity index (χ4n) is 5.20. The third-order valence-corrected chi connectivity index (χ3v) is 12.4. The minimum atomic E-state index is -2.02. The Hall–Kier alpha value is -1.45. The minimum Gasteiger partial charge on any atom is -0.543 e. The van der Waals surface area contributed by atoms with Crippen LogP contribution in [0, 0.1) is 10.8 Å². The zero-order valence-electron chi connectivity index (χ0n) is 22.9. The molecule has 2 aliphatic rings. The topological polar surface area (TPSA) is 83.5 Å². The molecule has 2 aliphatic heterocycles. The highest BCUT2D eigenvalue weighted by Crippen LogP contribution is 2.69. The molecule has 1 aromatic rings. The van der Waals surface area contributed by atoms with Crippen molar-refractivity contribution in [2.75, 3.05) is 19.8 Å².